The van der Waals surface area contributed by atoms with Crippen LogP contribution in [0, 0.1) is 0 Å². The summed E-state index contributed by atoms with van der Waals surface area (Å²) >= 11 is 0. The van der Waals surface area contributed by atoms with Gasteiger partial charge in [0.1, 0.15) is 11.9 Å². The second-order valence-corrected chi connectivity index (χ2v) is 5.85. The Morgan fingerprint density at radius 3 is 2.86 bits per heavy atom. The van der Waals surface area contributed by atoms with Crippen LogP contribution >= 0.6 is 0 Å². The summed E-state index contributed by atoms with van der Waals surface area (Å²) < 4.78 is 11.3. The predicted molar refractivity (Wildman–Crippen MR) is 85.8 cm³/mol. The van der Waals surface area contributed by atoms with Gasteiger partial charge in [-0.15, -0.1) is 0 Å². The molecule has 1 aliphatic carbocycles. The van der Waals surface area contributed by atoms with E-state index in [2.05, 4.69) is 18.2 Å². The molecule has 2 aliphatic rings. The van der Waals surface area contributed by atoms with E-state index in [1.807, 2.05) is 26.0 Å². The highest BCUT2D eigenvalue weighted by molar-refractivity contribution is 5.90. The van der Waals surface area contributed by atoms with Crippen LogP contribution in [0.1, 0.15) is 38.7 Å². The summed E-state index contributed by atoms with van der Waals surface area (Å²) in [6, 6.07) is 8.24. The maximum absolute atomic E-state index is 11.9. The highest BCUT2D eigenvalue weighted by Crippen LogP contribution is 2.34. The van der Waals surface area contributed by atoms with Gasteiger partial charge < -0.3 is 9.47 Å². The Bertz CT molecular complexity index is 640. The number of fused-ring (bicyclic) bond motifs is 1. The van der Waals surface area contributed by atoms with Crippen LogP contribution in [0.2, 0.25) is 0 Å². The lowest BCUT2D eigenvalue weighted by molar-refractivity contribution is -0.138. The van der Waals surface area contributed by atoms with Crippen LogP contribution in [0.25, 0.3) is 0 Å². The number of aryl methyl sites for hydroxylation is 1. The van der Waals surface area contributed by atoms with Gasteiger partial charge in [-0.2, -0.15) is 0 Å². The molecule has 0 saturated heterocycles. The molecule has 0 spiro atoms. The molecule has 3 nitrogen and oxygen atoms in total. The average molecular weight is 298 g/mol. The first kappa shape index (κ1) is 14.9. The molecule has 1 unspecified atom stereocenters. The number of benzene rings is 1. The third-order valence-electron chi connectivity index (χ3n) is 4.39. The SMILES string of the molecule is CCOC(=O)C1=C(C)C=C(C2CCc3ccccc3O2)CC1. The summed E-state index contributed by atoms with van der Waals surface area (Å²) in [4.78, 5) is 11.9. The lowest BCUT2D eigenvalue weighted by Crippen LogP contribution is -2.26. The molecule has 0 saturated carbocycles. The van der Waals surface area contributed by atoms with Gasteiger partial charge in [-0.1, -0.05) is 24.3 Å². The van der Waals surface area contributed by atoms with Gasteiger partial charge in [0.2, 0.25) is 0 Å². The summed E-state index contributed by atoms with van der Waals surface area (Å²) in [6.07, 6.45) is 5.93. The van der Waals surface area contributed by atoms with Gasteiger partial charge in [-0.05, 0) is 62.3 Å². The molecule has 1 aromatic carbocycles. The van der Waals surface area contributed by atoms with Crippen molar-refractivity contribution in [2.24, 2.45) is 0 Å². The molecular weight excluding hydrogens is 276 g/mol. The lowest BCUT2D eigenvalue weighted by Gasteiger charge is -2.30. The molecule has 3 heteroatoms. The van der Waals surface area contributed by atoms with E-state index in [-0.39, 0.29) is 12.1 Å². The minimum atomic E-state index is -0.176. The normalized spacial score (nSPS) is 20.8. The Kier molecular flexibility index (Phi) is 4.32. The van der Waals surface area contributed by atoms with Crippen molar-refractivity contribution in [3.05, 3.63) is 52.6 Å². The van der Waals surface area contributed by atoms with Crippen molar-refractivity contribution in [2.75, 3.05) is 6.61 Å². The molecular formula is C19H22O3. The molecule has 0 radical (unpaired) electrons. The van der Waals surface area contributed by atoms with Crippen molar-refractivity contribution in [1.82, 2.24) is 0 Å². The van der Waals surface area contributed by atoms with E-state index < -0.39 is 0 Å². The Morgan fingerprint density at radius 1 is 1.27 bits per heavy atom. The summed E-state index contributed by atoms with van der Waals surface area (Å²) in [5, 5.41) is 0. The van der Waals surface area contributed by atoms with Gasteiger partial charge in [0.05, 0.1) is 6.61 Å². The van der Waals surface area contributed by atoms with Crippen LogP contribution in [0.4, 0.5) is 0 Å². The molecule has 0 bridgehead atoms. The number of carbonyl (C=O) groups excluding carboxylic acids is 1. The van der Waals surface area contributed by atoms with E-state index in [1.165, 1.54) is 11.1 Å². The van der Waals surface area contributed by atoms with Gasteiger partial charge in [-0.3, -0.25) is 0 Å². The molecule has 0 amide bonds. The number of esters is 1. The second-order valence-electron chi connectivity index (χ2n) is 5.85. The molecule has 116 valence electrons. The third-order valence-corrected chi connectivity index (χ3v) is 4.39. The molecule has 3 rings (SSSR count). The monoisotopic (exact) mass is 298 g/mol. The minimum absolute atomic E-state index is 0.133. The summed E-state index contributed by atoms with van der Waals surface area (Å²) in [5.74, 6) is 0.822. The summed E-state index contributed by atoms with van der Waals surface area (Å²) in [7, 11) is 0. The fourth-order valence-electron chi connectivity index (χ4n) is 3.22. The van der Waals surface area contributed by atoms with Gasteiger partial charge in [0.25, 0.3) is 0 Å². The zero-order valence-corrected chi connectivity index (χ0v) is 13.2. The Morgan fingerprint density at radius 2 is 2.09 bits per heavy atom. The standard InChI is InChI=1S/C19H22O3/c1-3-21-19(20)16-10-8-15(12-13(16)2)18-11-9-14-6-4-5-7-17(14)22-18/h4-7,12,18H,3,8-11H2,1-2H3. The molecule has 1 atom stereocenters. The number of hydrogen-bond acceptors (Lipinski definition) is 3. The molecule has 0 fully saturated rings. The maximum Gasteiger partial charge on any atom is 0.334 e. The number of para-hydroxylation sites is 1. The smallest absolute Gasteiger partial charge is 0.334 e. The molecule has 1 heterocycles. The van der Waals surface area contributed by atoms with Crippen molar-refractivity contribution in [2.45, 2.75) is 45.6 Å². The number of hydrogen-bond donors (Lipinski definition) is 0. The topological polar surface area (TPSA) is 35.5 Å². The van der Waals surface area contributed by atoms with Crippen molar-refractivity contribution in [3.8, 4) is 5.75 Å². The quantitative estimate of drug-likeness (QED) is 0.792. The maximum atomic E-state index is 11.9. The fraction of sp³-hybridized carbons (Fsp3) is 0.421. The van der Waals surface area contributed by atoms with Crippen LogP contribution in [-0.4, -0.2) is 18.7 Å². The minimum Gasteiger partial charge on any atom is -0.486 e. The molecule has 1 aliphatic heterocycles. The Hall–Kier alpha value is -2.03. The lowest BCUT2D eigenvalue weighted by atomic mass is 9.87. The molecule has 0 N–H and O–H groups in total. The van der Waals surface area contributed by atoms with E-state index in [0.717, 1.165) is 42.6 Å². The van der Waals surface area contributed by atoms with Crippen molar-refractivity contribution < 1.29 is 14.3 Å². The Balaban J connectivity index is 1.77. The molecule has 22 heavy (non-hydrogen) atoms. The summed E-state index contributed by atoms with van der Waals surface area (Å²) in [6.45, 7) is 4.25. The van der Waals surface area contributed by atoms with Crippen LogP contribution in [-0.2, 0) is 16.0 Å². The Labute approximate surface area is 131 Å². The highest BCUT2D eigenvalue weighted by atomic mass is 16.5. The molecule has 0 aromatic heterocycles. The van der Waals surface area contributed by atoms with Crippen molar-refractivity contribution in [3.63, 3.8) is 0 Å². The second kappa shape index (κ2) is 6.39. The zero-order chi connectivity index (χ0) is 15.5. The van der Waals surface area contributed by atoms with Gasteiger partial charge in [0, 0.05) is 5.57 Å². The number of allylic oxidation sites excluding steroid dienone is 2. The first-order chi connectivity index (χ1) is 10.7. The van der Waals surface area contributed by atoms with E-state index >= 15 is 0 Å². The van der Waals surface area contributed by atoms with E-state index in [1.54, 1.807) is 0 Å². The van der Waals surface area contributed by atoms with Crippen LogP contribution in [0.15, 0.2) is 47.1 Å². The zero-order valence-electron chi connectivity index (χ0n) is 13.2. The van der Waals surface area contributed by atoms with Crippen LogP contribution < -0.4 is 4.74 Å². The first-order valence-electron chi connectivity index (χ1n) is 8.01. The highest BCUT2D eigenvalue weighted by Gasteiger charge is 2.26. The third kappa shape index (κ3) is 2.94. The van der Waals surface area contributed by atoms with Gasteiger partial charge >= 0.3 is 5.97 Å². The first-order valence-corrected chi connectivity index (χ1v) is 8.01. The van der Waals surface area contributed by atoms with Gasteiger partial charge in [-0.25, -0.2) is 4.79 Å². The van der Waals surface area contributed by atoms with Crippen molar-refractivity contribution >= 4 is 5.97 Å². The van der Waals surface area contributed by atoms with E-state index in [9.17, 15) is 4.79 Å². The summed E-state index contributed by atoms with van der Waals surface area (Å²) in [5.41, 5.74) is 4.40. The van der Waals surface area contributed by atoms with Crippen LogP contribution in [0.3, 0.4) is 0 Å². The van der Waals surface area contributed by atoms with Crippen LogP contribution in [0.5, 0.6) is 5.75 Å². The number of rotatable bonds is 3. The fourth-order valence-corrected chi connectivity index (χ4v) is 3.22. The number of ether oxygens (including phenoxy) is 2. The largest absolute Gasteiger partial charge is 0.486 e. The van der Waals surface area contributed by atoms with Gasteiger partial charge in [0.15, 0.2) is 0 Å². The average Bonchev–Trinajstić information content (AvgIpc) is 2.54. The van der Waals surface area contributed by atoms with E-state index in [0.29, 0.717) is 6.61 Å². The predicted octanol–water partition coefficient (Wildman–Crippen LogP) is 3.98. The number of carbonyl (C=O) groups is 1. The van der Waals surface area contributed by atoms with Crippen molar-refractivity contribution in [1.29, 1.82) is 0 Å². The van der Waals surface area contributed by atoms with E-state index in [4.69, 9.17) is 9.47 Å². The molecule has 1 aromatic rings.